The molecule has 1 atom stereocenters. The zero-order valence-electron chi connectivity index (χ0n) is 11.8. The smallest absolute Gasteiger partial charge is 0.173 e. The third-order valence-corrected chi connectivity index (χ3v) is 8.39. The molecule has 0 aromatic carbocycles. The van der Waals surface area contributed by atoms with Crippen LogP contribution >= 0.6 is 0 Å². The van der Waals surface area contributed by atoms with E-state index in [1.54, 1.807) is 0 Å². The van der Waals surface area contributed by atoms with Crippen LogP contribution in [0, 0.1) is 0 Å². The molecule has 0 saturated carbocycles. The summed E-state index contributed by atoms with van der Waals surface area (Å²) in [6.07, 6.45) is 0.209. The second-order valence-corrected chi connectivity index (χ2v) is 15.0. The number of aliphatic hydroxyl groups is 2. The minimum atomic E-state index is -1.55. The van der Waals surface area contributed by atoms with Gasteiger partial charge in [0, 0.05) is 6.61 Å². The van der Waals surface area contributed by atoms with Crippen molar-refractivity contribution in [2.24, 2.45) is 0 Å². The maximum Gasteiger partial charge on any atom is 0.173 e. The summed E-state index contributed by atoms with van der Waals surface area (Å²) in [5, 5.41) is 17.7. The predicted octanol–water partition coefficient (Wildman–Crippen LogP) is 3.08. The Balaban J connectivity index is -0.00000128. The van der Waals surface area contributed by atoms with Gasteiger partial charge in [-0.05, 0) is 45.2 Å². The van der Waals surface area contributed by atoms with Crippen LogP contribution in [0.15, 0.2) is 0 Å². The zero-order chi connectivity index (χ0) is 13.5. The molecule has 0 aromatic heterocycles. The van der Waals surface area contributed by atoms with Crippen molar-refractivity contribution in [2.75, 3.05) is 19.8 Å². The molecule has 0 radical (unpaired) electrons. The van der Waals surface area contributed by atoms with Crippen LogP contribution in [-0.2, 0) is 8.85 Å². The van der Waals surface area contributed by atoms with E-state index in [4.69, 9.17) is 19.1 Å². The Kier molecular flexibility index (Phi) is 14.1. The summed E-state index contributed by atoms with van der Waals surface area (Å²) < 4.78 is 11.5. The van der Waals surface area contributed by atoms with Crippen molar-refractivity contribution in [3.8, 4) is 0 Å². The Morgan fingerprint density at radius 2 is 1.58 bits per heavy atom. The lowest BCUT2D eigenvalue weighted by Gasteiger charge is -2.31. The number of hydrogen-bond donors (Lipinski definition) is 2. The topological polar surface area (TPSA) is 58.9 Å². The Morgan fingerprint density at radius 1 is 1.05 bits per heavy atom. The Hall–Kier alpha value is 0.274. The van der Waals surface area contributed by atoms with E-state index in [-0.39, 0.29) is 28.1 Å². The van der Waals surface area contributed by atoms with Crippen molar-refractivity contribution >= 4 is 16.6 Å². The van der Waals surface area contributed by atoms with Crippen LogP contribution in [0.5, 0.6) is 0 Å². The third-order valence-electron chi connectivity index (χ3n) is 2.17. The van der Waals surface area contributed by atoms with Gasteiger partial charge in [0.05, 0.1) is 13.2 Å². The van der Waals surface area contributed by atoms with Crippen molar-refractivity contribution in [3.05, 3.63) is 0 Å². The summed E-state index contributed by atoms with van der Waals surface area (Å²) in [5.41, 5.74) is 0. The van der Waals surface area contributed by atoms with Crippen molar-refractivity contribution in [1.29, 1.82) is 0 Å². The predicted molar refractivity (Wildman–Crippen MR) is 88.7 cm³/mol. The van der Waals surface area contributed by atoms with Gasteiger partial charge in [-0.25, -0.2) is 0 Å². The molecule has 0 heterocycles. The molecule has 0 aliphatic heterocycles. The molecule has 0 aliphatic carbocycles. The molecular weight excluding hydrogens is 276 g/mol. The first-order valence-electron chi connectivity index (χ1n) is 6.23. The number of hydrogen-bond acceptors (Lipinski definition) is 4. The molecule has 0 amide bonds. The zero-order valence-corrected chi connectivity index (χ0v) is 13.8. The SMILES string of the molecule is C.C.C[Si](C)(C)O[Si](C)(C)CCCOCC(O)CO. The summed E-state index contributed by atoms with van der Waals surface area (Å²) in [5.74, 6) is 0. The lowest BCUT2D eigenvalue weighted by molar-refractivity contribution is 0.00639. The molecule has 120 valence electrons. The van der Waals surface area contributed by atoms with E-state index >= 15 is 0 Å². The highest BCUT2D eigenvalue weighted by Crippen LogP contribution is 2.19. The van der Waals surface area contributed by atoms with E-state index in [1.807, 2.05) is 0 Å². The molecule has 2 N–H and O–H groups in total. The Morgan fingerprint density at radius 3 is 2.00 bits per heavy atom. The first kappa shape index (κ1) is 24.3. The number of ether oxygens (including phenoxy) is 1. The van der Waals surface area contributed by atoms with Gasteiger partial charge in [-0.15, -0.1) is 0 Å². The summed E-state index contributed by atoms with van der Waals surface area (Å²) in [6, 6.07) is 1.08. The van der Waals surface area contributed by atoms with E-state index in [0.29, 0.717) is 6.61 Å². The molecule has 0 bridgehead atoms. The van der Waals surface area contributed by atoms with Gasteiger partial charge in [0.2, 0.25) is 0 Å². The van der Waals surface area contributed by atoms with Gasteiger partial charge in [-0.3, -0.25) is 0 Å². The lowest BCUT2D eigenvalue weighted by atomic mass is 10.4. The van der Waals surface area contributed by atoms with Gasteiger partial charge >= 0.3 is 0 Å². The number of aliphatic hydroxyl groups excluding tert-OH is 2. The molecule has 0 fully saturated rings. The van der Waals surface area contributed by atoms with E-state index in [9.17, 15) is 0 Å². The third kappa shape index (κ3) is 16.2. The molecule has 0 rings (SSSR count). The Bertz CT molecular complexity index is 205. The molecule has 19 heavy (non-hydrogen) atoms. The van der Waals surface area contributed by atoms with Gasteiger partial charge < -0.3 is 19.1 Å². The molecule has 0 aliphatic rings. The van der Waals surface area contributed by atoms with Crippen LogP contribution in [0.25, 0.3) is 0 Å². The maximum atomic E-state index is 9.08. The summed E-state index contributed by atoms with van der Waals surface area (Å²) in [6.45, 7) is 11.7. The molecule has 6 heteroatoms. The van der Waals surface area contributed by atoms with E-state index in [1.165, 1.54) is 0 Å². The van der Waals surface area contributed by atoms with E-state index in [2.05, 4.69) is 32.7 Å². The highest BCUT2D eigenvalue weighted by Gasteiger charge is 2.28. The van der Waals surface area contributed by atoms with Crippen LogP contribution < -0.4 is 0 Å². The highest BCUT2D eigenvalue weighted by molar-refractivity contribution is 6.84. The minimum absolute atomic E-state index is 0. The second-order valence-electron chi connectivity index (χ2n) is 5.99. The van der Waals surface area contributed by atoms with Gasteiger partial charge in [0.25, 0.3) is 0 Å². The Labute approximate surface area is 122 Å². The largest absolute Gasteiger partial charge is 0.456 e. The van der Waals surface area contributed by atoms with Crippen LogP contribution in [-0.4, -0.2) is 52.8 Å². The van der Waals surface area contributed by atoms with E-state index < -0.39 is 22.7 Å². The van der Waals surface area contributed by atoms with Gasteiger partial charge in [0.1, 0.15) is 6.10 Å². The quantitative estimate of drug-likeness (QED) is 0.507. The van der Waals surface area contributed by atoms with Crippen molar-refractivity contribution in [3.63, 3.8) is 0 Å². The fourth-order valence-corrected chi connectivity index (χ4v) is 9.79. The standard InChI is InChI=1S/C11H28O4Si2.2CH4/c1-16(2,3)15-17(4,5)8-6-7-14-10-11(13)9-12;;/h11-13H,6-10H2,1-5H3;2*1H4. The van der Waals surface area contributed by atoms with Gasteiger partial charge in [0.15, 0.2) is 16.6 Å². The highest BCUT2D eigenvalue weighted by atomic mass is 28.4. The van der Waals surface area contributed by atoms with Crippen molar-refractivity contribution < 1.29 is 19.1 Å². The molecule has 0 saturated heterocycles. The van der Waals surface area contributed by atoms with Crippen LogP contribution in [0.1, 0.15) is 21.3 Å². The first-order chi connectivity index (χ1) is 7.66. The van der Waals surface area contributed by atoms with Crippen LogP contribution in [0.2, 0.25) is 38.8 Å². The van der Waals surface area contributed by atoms with Crippen molar-refractivity contribution in [2.45, 2.75) is 66.2 Å². The van der Waals surface area contributed by atoms with Crippen LogP contribution in [0.3, 0.4) is 0 Å². The first-order valence-corrected chi connectivity index (χ1v) is 12.8. The maximum absolute atomic E-state index is 9.08. The fraction of sp³-hybridized carbons (Fsp3) is 1.00. The fourth-order valence-electron chi connectivity index (χ4n) is 1.75. The van der Waals surface area contributed by atoms with Gasteiger partial charge in [-0.1, -0.05) is 14.9 Å². The summed E-state index contributed by atoms with van der Waals surface area (Å²) in [7, 11) is -2.99. The normalized spacial score (nSPS) is 13.4. The lowest BCUT2D eigenvalue weighted by Crippen LogP contribution is -2.42. The minimum Gasteiger partial charge on any atom is -0.456 e. The molecule has 4 nitrogen and oxygen atoms in total. The van der Waals surface area contributed by atoms with Crippen molar-refractivity contribution in [1.82, 2.24) is 0 Å². The monoisotopic (exact) mass is 312 g/mol. The summed E-state index contributed by atoms with van der Waals surface area (Å²) >= 11 is 0. The van der Waals surface area contributed by atoms with Gasteiger partial charge in [-0.2, -0.15) is 0 Å². The average molecular weight is 313 g/mol. The molecule has 0 spiro atoms. The summed E-state index contributed by atoms with van der Waals surface area (Å²) in [4.78, 5) is 0. The molecule has 1 unspecified atom stereocenters. The second kappa shape index (κ2) is 11.0. The molecule has 0 aromatic rings. The van der Waals surface area contributed by atoms with E-state index in [0.717, 1.165) is 12.5 Å². The average Bonchev–Trinajstić information content (AvgIpc) is 2.12. The molecular formula is C13H36O4Si2. The number of rotatable bonds is 9. The van der Waals surface area contributed by atoms with Crippen LogP contribution in [0.4, 0.5) is 0 Å².